The van der Waals surface area contributed by atoms with E-state index in [1.54, 1.807) is 0 Å². The smallest absolute Gasteiger partial charge is 0.0254 e. The van der Waals surface area contributed by atoms with Crippen LogP contribution in [0.2, 0.25) is 0 Å². The van der Waals surface area contributed by atoms with E-state index in [0.717, 1.165) is 17.7 Å². The Morgan fingerprint density at radius 2 is 2.00 bits per heavy atom. The molecule has 0 saturated carbocycles. The second kappa shape index (κ2) is 7.30. The third kappa shape index (κ3) is 5.86. The summed E-state index contributed by atoms with van der Waals surface area (Å²) in [5.74, 6) is 4.78. The molecule has 0 radical (unpaired) electrons. The maximum absolute atomic E-state index is 5.83. The lowest BCUT2D eigenvalue weighted by atomic mass is 9.95. The average molecular weight is 195 g/mol. The van der Waals surface area contributed by atoms with Gasteiger partial charge in [-0.3, -0.25) is 0 Å². The number of rotatable bonds is 6. The third-order valence-corrected chi connectivity index (χ3v) is 3.31. The van der Waals surface area contributed by atoms with Crippen molar-refractivity contribution in [1.82, 2.24) is 0 Å². The zero-order chi connectivity index (χ0) is 8.69. The first-order chi connectivity index (χ1) is 5.22. The lowest BCUT2D eigenvalue weighted by Crippen LogP contribution is -2.11. The molecule has 0 fully saturated rings. The lowest BCUT2D eigenvalue weighted by Gasteiger charge is -2.16. The van der Waals surface area contributed by atoms with E-state index in [9.17, 15) is 0 Å². The maximum Gasteiger partial charge on any atom is 0.0254 e. The topological polar surface area (TPSA) is 0 Å². The fourth-order valence-corrected chi connectivity index (χ4v) is 2.24. The van der Waals surface area contributed by atoms with Crippen LogP contribution in [0.3, 0.4) is 0 Å². The lowest BCUT2D eigenvalue weighted by molar-refractivity contribution is 0.415. The third-order valence-electron chi connectivity index (χ3n) is 1.98. The number of thioether (sulfide) groups is 1. The summed E-state index contributed by atoms with van der Waals surface area (Å²) in [6, 6.07) is 0. The van der Waals surface area contributed by atoms with Gasteiger partial charge in [0.15, 0.2) is 0 Å². The summed E-state index contributed by atoms with van der Waals surface area (Å²) >= 11 is 7.84. The highest BCUT2D eigenvalue weighted by molar-refractivity contribution is 7.99. The molecule has 0 N–H and O–H groups in total. The van der Waals surface area contributed by atoms with Crippen molar-refractivity contribution in [2.24, 2.45) is 11.8 Å². The van der Waals surface area contributed by atoms with Gasteiger partial charge in [0.25, 0.3) is 0 Å². The average Bonchev–Trinajstić information content (AvgIpc) is 1.97. The van der Waals surface area contributed by atoms with Crippen molar-refractivity contribution in [2.75, 3.05) is 17.4 Å². The SMILES string of the molecule is CCSCCC(CCl)C(C)C. The molecule has 2 heteroatoms. The van der Waals surface area contributed by atoms with E-state index >= 15 is 0 Å². The van der Waals surface area contributed by atoms with Crippen molar-refractivity contribution in [1.29, 1.82) is 0 Å². The molecule has 0 aromatic carbocycles. The summed E-state index contributed by atoms with van der Waals surface area (Å²) in [5.41, 5.74) is 0. The van der Waals surface area contributed by atoms with Crippen molar-refractivity contribution in [3.05, 3.63) is 0 Å². The first-order valence-corrected chi connectivity index (χ1v) is 6.05. The summed E-state index contributed by atoms with van der Waals surface area (Å²) in [4.78, 5) is 0. The van der Waals surface area contributed by atoms with Gasteiger partial charge < -0.3 is 0 Å². The number of hydrogen-bond donors (Lipinski definition) is 0. The van der Waals surface area contributed by atoms with Crippen LogP contribution in [0.4, 0.5) is 0 Å². The van der Waals surface area contributed by atoms with Crippen LogP contribution in [0.25, 0.3) is 0 Å². The van der Waals surface area contributed by atoms with Crippen molar-refractivity contribution >= 4 is 23.4 Å². The van der Waals surface area contributed by atoms with Crippen LogP contribution in [-0.2, 0) is 0 Å². The van der Waals surface area contributed by atoms with Gasteiger partial charge in [-0.05, 0) is 29.8 Å². The van der Waals surface area contributed by atoms with Gasteiger partial charge in [0, 0.05) is 5.88 Å². The van der Waals surface area contributed by atoms with Crippen LogP contribution in [0.15, 0.2) is 0 Å². The summed E-state index contributed by atoms with van der Waals surface area (Å²) in [6.45, 7) is 6.71. The first kappa shape index (κ1) is 11.6. The summed E-state index contributed by atoms with van der Waals surface area (Å²) in [7, 11) is 0. The largest absolute Gasteiger partial charge is 0.162 e. The van der Waals surface area contributed by atoms with E-state index < -0.39 is 0 Å². The molecule has 0 nitrogen and oxygen atoms in total. The van der Waals surface area contributed by atoms with Crippen molar-refractivity contribution in [3.8, 4) is 0 Å². The van der Waals surface area contributed by atoms with Gasteiger partial charge in [0.05, 0.1) is 0 Å². The Hall–Kier alpha value is 0.640. The maximum atomic E-state index is 5.83. The molecule has 0 aliphatic rings. The zero-order valence-electron chi connectivity index (χ0n) is 7.77. The predicted octanol–water partition coefficient (Wildman–Crippen LogP) is 3.64. The summed E-state index contributed by atoms with van der Waals surface area (Å²) in [6.07, 6.45) is 1.28. The van der Waals surface area contributed by atoms with E-state index in [4.69, 9.17) is 11.6 Å². The molecule has 0 spiro atoms. The van der Waals surface area contributed by atoms with Crippen LogP contribution in [0.5, 0.6) is 0 Å². The molecule has 0 rings (SSSR count). The Kier molecular flexibility index (Phi) is 7.72. The summed E-state index contributed by atoms with van der Waals surface area (Å²) < 4.78 is 0. The Bertz CT molecular complexity index is 83.6. The predicted molar refractivity (Wildman–Crippen MR) is 56.7 cm³/mol. The molecule has 0 aromatic heterocycles. The van der Waals surface area contributed by atoms with E-state index in [2.05, 4.69) is 20.8 Å². The van der Waals surface area contributed by atoms with Gasteiger partial charge in [-0.15, -0.1) is 11.6 Å². The minimum Gasteiger partial charge on any atom is -0.162 e. The number of alkyl halides is 1. The van der Waals surface area contributed by atoms with Gasteiger partial charge >= 0.3 is 0 Å². The van der Waals surface area contributed by atoms with Crippen molar-refractivity contribution in [2.45, 2.75) is 27.2 Å². The molecule has 0 aliphatic carbocycles. The molecule has 0 aliphatic heterocycles. The van der Waals surface area contributed by atoms with Crippen LogP contribution in [0.1, 0.15) is 27.2 Å². The Morgan fingerprint density at radius 3 is 2.36 bits per heavy atom. The Morgan fingerprint density at radius 1 is 1.36 bits per heavy atom. The van der Waals surface area contributed by atoms with E-state index in [1.165, 1.54) is 17.9 Å². The zero-order valence-corrected chi connectivity index (χ0v) is 9.34. The van der Waals surface area contributed by atoms with Crippen LogP contribution < -0.4 is 0 Å². The summed E-state index contributed by atoms with van der Waals surface area (Å²) in [5, 5.41) is 0. The molecule has 0 saturated heterocycles. The van der Waals surface area contributed by atoms with Gasteiger partial charge in [-0.25, -0.2) is 0 Å². The minimum absolute atomic E-state index is 0.718. The van der Waals surface area contributed by atoms with Gasteiger partial charge in [-0.1, -0.05) is 20.8 Å². The molecule has 0 heterocycles. The monoisotopic (exact) mass is 194 g/mol. The van der Waals surface area contributed by atoms with Crippen molar-refractivity contribution in [3.63, 3.8) is 0 Å². The standard InChI is InChI=1S/C9H19ClS/c1-4-11-6-5-9(7-10)8(2)3/h8-9H,4-7H2,1-3H3. The van der Waals surface area contributed by atoms with Crippen LogP contribution >= 0.6 is 23.4 Å². The van der Waals surface area contributed by atoms with Crippen molar-refractivity contribution < 1.29 is 0 Å². The van der Waals surface area contributed by atoms with E-state index in [1.807, 2.05) is 11.8 Å². The number of halogens is 1. The molecule has 0 aromatic rings. The molecule has 1 unspecified atom stereocenters. The molecule has 68 valence electrons. The highest BCUT2D eigenvalue weighted by atomic mass is 35.5. The molecule has 0 amide bonds. The first-order valence-electron chi connectivity index (χ1n) is 4.36. The normalized spacial score (nSPS) is 13.9. The van der Waals surface area contributed by atoms with Crippen LogP contribution in [-0.4, -0.2) is 17.4 Å². The molecule has 11 heavy (non-hydrogen) atoms. The fourth-order valence-electron chi connectivity index (χ4n) is 0.968. The fraction of sp³-hybridized carbons (Fsp3) is 1.00. The van der Waals surface area contributed by atoms with Gasteiger partial charge in [-0.2, -0.15) is 11.8 Å². The second-order valence-corrected chi connectivity index (χ2v) is 4.85. The quantitative estimate of drug-likeness (QED) is 0.460. The highest BCUT2D eigenvalue weighted by Gasteiger charge is 2.10. The molecule has 1 atom stereocenters. The van der Waals surface area contributed by atoms with Crippen LogP contribution in [0, 0.1) is 11.8 Å². The highest BCUT2D eigenvalue weighted by Crippen LogP contribution is 2.19. The molecular formula is C9H19ClS. The minimum atomic E-state index is 0.718. The Labute approximate surface area is 80.1 Å². The molecular weight excluding hydrogens is 176 g/mol. The van der Waals surface area contributed by atoms with Gasteiger partial charge in [0.1, 0.15) is 0 Å². The molecule has 0 bridgehead atoms. The van der Waals surface area contributed by atoms with E-state index in [-0.39, 0.29) is 0 Å². The number of hydrogen-bond acceptors (Lipinski definition) is 1. The van der Waals surface area contributed by atoms with E-state index in [0.29, 0.717) is 0 Å². The second-order valence-electron chi connectivity index (χ2n) is 3.14. The van der Waals surface area contributed by atoms with Gasteiger partial charge in [0.2, 0.25) is 0 Å². The Balaban J connectivity index is 3.36.